The van der Waals surface area contributed by atoms with E-state index in [1.807, 2.05) is 6.92 Å². The number of nitro benzene ring substituents is 1. The molecule has 0 aliphatic rings. The predicted molar refractivity (Wildman–Crippen MR) is 67.8 cm³/mol. The van der Waals surface area contributed by atoms with E-state index in [0.717, 1.165) is 5.56 Å². The lowest BCUT2D eigenvalue weighted by atomic mass is 10.1. The zero-order valence-electron chi connectivity index (χ0n) is 10.3. The number of nitrogens with zero attached hydrogens (tertiary/aromatic N) is 1. The summed E-state index contributed by atoms with van der Waals surface area (Å²) in [4.78, 5) is 21.7. The average molecular weight is 251 g/mol. The van der Waals surface area contributed by atoms with Gasteiger partial charge < -0.3 is 11.1 Å². The van der Waals surface area contributed by atoms with Crippen LogP contribution in [0, 0.1) is 16.0 Å². The third kappa shape index (κ3) is 3.81. The molecule has 0 aliphatic heterocycles. The summed E-state index contributed by atoms with van der Waals surface area (Å²) in [6.07, 6.45) is 0.697. The van der Waals surface area contributed by atoms with Gasteiger partial charge in [-0.2, -0.15) is 0 Å². The van der Waals surface area contributed by atoms with Gasteiger partial charge in [-0.1, -0.05) is 19.1 Å². The molecule has 3 N–H and O–H groups in total. The summed E-state index contributed by atoms with van der Waals surface area (Å²) in [6.45, 7) is 2.58. The molecule has 0 radical (unpaired) electrons. The Morgan fingerprint density at radius 1 is 1.44 bits per heavy atom. The van der Waals surface area contributed by atoms with Crippen LogP contribution in [-0.2, 0) is 11.3 Å². The van der Waals surface area contributed by atoms with Gasteiger partial charge in [0, 0.05) is 31.1 Å². The molecule has 0 aliphatic carbocycles. The van der Waals surface area contributed by atoms with E-state index in [1.165, 1.54) is 12.1 Å². The summed E-state index contributed by atoms with van der Waals surface area (Å²) in [5, 5.41) is 13.2. The van der Waals surface area contributed by atoms with E-state index in [1.54, 1.807) is 12.1 Å². The largest absolute Gasteiger partial charge is 0.352 e. The molecule has 1 aromatic carbocycles. The Hall–Kier alpha value is -1.95. The van der Waals surface area contributed by atoms with E-state index in [9.17, 15) is 14.9 Å². The Balaban J connectivity index is 2.53. The quantitative estimate of drug-likeness (QED) is 0.586. The molecule has 6 nitrogen and oxygen atoms in total. The molecular formula is C12H17N3O3. The van der Waals surface area contributed by atoms with E-state index in [-0.39, 0.29) is 17.5 Å². The third-order valence-corrected chi connectivity index (χ3v) is 2.76. The first-order valence-corrected chi connectivity index (χ1v) is 5.79. The maximum Gasteiger partial charge on any atom is 0.269 e. The number of rotatable bonds is 6. The molecule has 0 fully saturated rings. The maximum absolute atomic E-state index is 11.7. The Morgan fingerprint density at radius 3 is 2.50 bits per heavy atom. The molecule has 0 saturated heterocycles. The van der Waals surface area contributed by atoms with E-state index in [0.29, 0.717) is 19.5 Å². The van der Waals surface area contributed by atoms with Gasteiger partial charge in [0.25, 0.3) is 5.69 Å². The lowest BCUT2D eigenvalue weighted by Gasteiger charge is -2.12. The van der Waals surface area contributed by atoms with Crippen molar-refractivity contribution >= 4 is 11.6 Å². The summed E-state index contributed by atoms with van der Waals surface area (Å²) in [5.41, 5.74) is 6.33. The van der Waals surface area contributed by atoms with Crippen LogP contribution in [0.4, 0.5) is 5.69 Å². The second-order valence-corrected chi connectivity index (χ2v) is 3.98. The van der Waals surface area contributed by atoms with Crippen LogP contribution in [0.2, 0.25) is 0 Å². The van der Waals surface area contributed by atoms with Crippen LogP contribution in [0.1, 0.15) is 18.9 Å². The lowest BCUT2D eigenvalue weighted by Crippen LogP contribution is -2.34. The zero-order valence-corrected chi connectivity index (χ0v) is 10.3. The fraction of sp³-hybridized carbons (Fsp3) is 0.417. The van der Waals surface area contributed by atoms with E-state index >= 15 is 0 Å². The molecule has 1 atom stereocenters. The molecule has 98 valence electrons. The number of carbonyl (C=O) groups is 1. The van der Waals surface area contributed by atoms with E-state index in [4.69, 9.17) is 5.73 Å². The van der Waals surface area contributed by atoms with Gasteiger partial charge in [0.1, 0.15) is 0 Å². The number of nitrogens with one attached hydrogen (secondary N) is 1. The van der Waals surface area contributed by atoms with Crippen molar-refractivity contribution in [2.24, 2.45) is 11.7 Å². The number of nitro groups is 1. The van der Waals surface area contributed by atoms with Gasteiger partial charge in [-0.05, 0) is 12.0 Å². The van der Waals surface area contributed by atoms with Crippen molar-refractivity contribution in [2.45, 2.75) is 19.9 Å². The number of carbonyl (C=O) groups excluding carboxylic acids is 1. The average Bonchev–Trinajstić information content (AvgIpc) is 2.38. The minimum Gasteiger partial charge on any atom is -0.352 e. The number of amides is 1. The highest BCUT2D eigenvalue weighted by molar-refractivity contribution is 5.78. The van der Waals surface area contributed by atoms with Crippen LogP contribution in [0.15, 0.2) is 24.3 Å². The SMILES string of the molecule is CCC(CN)C(=O)NCc1ccc([N+](=O)[O-])cc1. The maximum atomic E-state index is 11.7. The molecule has 0 spiro atoms. The van der Waals surface area contributed by atoms with E-state index < -0.39 is 4.92 Å². The van der Waals surface area contributed by atoms with Gasteiger partial charge in [0.15, 0.2) is 0 Å². The summed E-state index contributed by atoms with van der Waals surface area (Å²) < 4.78 is 0. The van der Waals surface area contributed by atoms with Crippen molar-refractivity contribution in [1.29, 1.82) is 0 Å². The standard InChI is InChI=1S/C12H17N3O3/c1-2-10(7-13)12(16)14-8-9-3-5-11(6-4-9)15(17)18/h3-6,10H,2,7-8,13H2,1H3,(H,14,16). The Bertz CT molecular complexity index is 413. The number of hydrogen-bond acceptors (Lipinski definition) is 4. The van der Waals surface area contributed by atoms with Gasteiger partial charge in [-0.3, -0.25) is 14.9 Å². The number of nitrogens with two attached hydrogens (primary N) is 1. The van der Waals surface area contributed by atoms with Crippen molar-refractivity contribution in [1.82, 2.24) is 5.32 Å². The summed E-state index contributed by atoms with van der Waals surface area (Å²) in [7, 11) is 0. The van der Waals surface area contributed by atoms with Gasteiger partial charge in [0.2, 0.25) is 5.91 Å². The van der Waals surface area contributed by atoms with Crippen LogP contribution in [0.25, 0.3) is 0 Å². The van der Waals surface area contributed by atoms with Gasteiger partial charge in [-0.15, -0.1) is 0 Å². The first-order valence-electron chi connectivity index (χ1n) is 5.79. The monoisotopic (exact) mass is 251 g/mol. The molecule has 1 unspecified atom stereocenters. The third-order valence-electron chi connectivity index (χ3n) is 2.76. The number of hydrogen-bond donors (Lipinski definition) is 2. The molecule has 0 aromatic heterocycles. The Labute approximate surface area is 105 Å². The van der Waals surface area contributed by atoms with Crippen LogP contribution in [0.5, 0.6) is 0 Å². The zero-order chi connectivity index (χ0) is 13.5. The highest BCUT2D eigenvalue weighted by Gasteiger charge is 2.13. The van der Waals surface area contributed by atoms with Crippen LogP contribution >= 0.6 is 0 Å². The molecular weight excluding hydrogens is 234 g/mol. The van der Waals surface area contributed by atoms with Crippen molar-refractivity contribution in [2.75, 3.05) is 6.54 Å². The second-order valence-electron chi connectivity index (χ2n) is 3.98. The molecule has 0 saturated carbocycles. The lowest BCUT2D eigenvalue weighted by molar-refractivity contribution is -0.384. The van der Waals surface area contributed by atoms with Crippen LogP contribution in [-0.4, -0.2) is 17.4 Å². The molecule has 0 heterocycles. The summed E-state index contributed by atoms with van der Waals surface area (Å²) in [5.74, 6) is -0.263. The summed E-state index contributed by atoms with van der Waals surface area (Å²) >= 11 is 0. The Morgan fingerprint density at radius 2 is 2.06 bits per heavy atom. The second kappa shape index (κ2) is 6.70. The highest BCUT2D eigenvalue weighted by Crippen LogP contribution is 2.11. The van der Waals surface area contributed by atoms with Crippen molar-refractivity contribution in [3.63, 3.8) is 0 Å². The molecule has 1 rings (SSSR count). The first-order chi connectivity index (χ1) is 8.58. The molecule has 18 heavy (non-hydrogen) atoms. The van der Waals surface area contributed by atoms with Crippen LogP contribution < -0.4 is 11.1 Å². The van der Waals surface area contributed by atoms with Crippen LogP contribution in [0.3, 0.4) is 0 Å². The van der Waals surface area contributed by atoms with Gasteiger partial charge in [0.05, 0.1) is 4.92 Å². The van der Waals surface area contributed by atoms with Crippen molar-refractivity contribution in [3.05, 3.63) is 39.9 Å². The molecule has 1 aromatic rings. The first kappa shape index (κ1) is 14.1. The highest BCUT2D eigenvalue weighted by atomic mass is 16.6. The van der Waals surface area contributed by atoms with Crippen molar-refractivity contribution in [3.8, 4) is 0 Å². The Kier molecular flexibility index (Phi) is 5.26. The van der Waals surface area contributed by atoms with Crippen molar-refractivity contribution < 1.29 is 9.72 Å². The van der Waals surface area contributed by atoms with E-state index in [2.05, 4.69) is 5.32 Å². The minimum absolute atomic E-state index is 0.0402. The molecule has 1 amide bonds. The number of non-ortho nitro benzene ring substituents is 1. The fourth-order valence-corrected chi connectivity index (χ4v) is 1.53. The van der Waals surface area contributed by atoms with Gasteiger partial charge >= 0.3 is 0 Å². The van der Waals surface area contributed by atoms with Gasteiger partial charge in [-0.25, -0.2) is 0 Å². The normalized spacial score (nSPS) is 11.9. The summed E-state index contributed by atoms with van der Waals surface area (Å²) in [6, 6.07) is 6.09. The molecule has 0 bridgehead atoms. The minimum atomic E-state index is -0.454. The molecule has 6 heteroatoms. The predicted octanol–water partition coefficient (Wildman–Crippen LogP) is 1.20. The smallest absolute Gasteiger partial charge is 0.269 e. The fourth-order valence-electron chi connectivity index (χ4n) is 1.53. The topological polar surface area (TPSA) is 98.3 Å². The number of benzene rings is 1.